The summed E-state index contributed by atoms with van der Waals surface area (Å²) in [4.78, 5) is 16.4. The molecule has 0 radical (unpaired) electrons. The van der Waals surface area contributed by atoms with Gasteiger partial charge in [0.05, 0.1) is 33.7 Å². The van der Waals surface area contributed by atoms with Gasteiger partial charge in [-0.2, -0.15) is 4.31 Å². The lowest BCUT2D eigenvalue weighted by Gasteiger charge is -2.26. The van der Waals surface area contributed by atoms with Gasteiger partial charge in [0.25, 0.3) is 5.91 Å². The van der Waals surface area contributed by atoms with Crippen LogP contribution in [0.15, 0.2) is 41.4 Å². The van der Waals surface area contributed by atoms with Gasteiger partial charge in [0.1, 0.15) is 5.82 Å². The van der Waals surface area contributed by atoms with E-state index in [9.17, 15) is 13.2 Å². The Labute approximate surface area is 160 Å². The molecule has 2 heterocycles. The van der Waals surface area contributed by atoms with Crippen molar-refractivity contribution in [2.75, 3.05) is 31.6 Å². The third-order valence-corrected chi connectivity index (χ3v) is 6.21. The fraction of sp³-hybridized carbons (Fsp3) is 0.250. The van der Waals surface area contributed by atoms with E-state index in [0.717, 1.165) is 0 Å². The van der Waals surface area contributed by atoms with Crippen LogP contribution >= 0.6 is 23.2 Å². The van der Waals surface area contributed by atoms with Gasteiger partial charge in [-0.3, -0.25) is 4.79 Å². The molecule has 1 aromatic heterocycles. The Morgan fingerprint density at radius 1 is 1.15 bits per heavy atom. The molecular formula is C16H15Cl2N3O4S. The van der Waals surface area contributed by atoms with E-state index >= 15 is 0 Å². The minimum atomic E-state index is -3.73. The predicted molar refractivity (Wildman–Crippen MR) is 98.2 cm³/mol. The molecule has 1 fully saturated rings. The first-order chi connectivity index (χ1) is 12.4. The second kappa shape index (κ2) is 7.89. The maximum absolute atomic E-state index is 12.7. The SMILES string of the molecule is O=C(Nc1ccc(Cl)cn1)c1cc(S(=O)(=O)N2CCOCC2)ccc1Cl. The van der Waals surface area contributed by atoms with Crippen LogP contribution in [0.4, 0.5) is 5.82 Å². The van der Waals surface area contributed by atoms with E-state index in [2.05, 4.69) is 10.3 Å². The van der Waals surface area contributed by atoms with E-state index in [1.54, 1.807) is 6.07 Å². The fourth-order valence-corrected chi connectivity index (χ4v) is 4.16. The lowest BCUT2D eigenvalue weighted by Crippen LogP contribution is -2.40. The number of ether oxygens (including phenoxy) is 1. The third-order valence-electron chi connectivity index (χ3n) is 3.76. The molecule has 0 saturated carbocycles. The number of hydrogen-bond acceptors (Lipinski definition) is 5. The zero-order valence-electron chi connectivity index (χ0n) is 13.5. The Balaban J connectivity index is 1.87. The average molecular weight is 416 g/mol. The molecule has 3 rings (SSSR count). The van der Waals surface area contributed by atoms with Gasteiger partial charge < -0.3 is 10.1 Å². The Hall–Kier alpha value is -1.71. The van der Waals surface area contributed by atoms with Crippen molar-refractivity contribution in [1.29, 1.82) is 0 Å². The van der Waals surface area contributed by atoms with Gasteiger partial charge in [-0.05, 0) is 30.3 Å². The monoisotopic (exact) mass is 415 g/mol. The van der Waals surface area contributed by atoms with Crippen molar-refractivity contribution < 1.29 is 17.9 Å². The van der Waals surface area contributed by atoms with Crippen LogP contribution in [0, 0.1) is 0 Å². The summed E-state index contributed by atoms with van der Waals surface area (Å²) in [6, 6.07) is 7.13. The number of carbonyl (C=O) groups is 1. The van der Waals surface area contributed by atoms with Gasteiger partial charge in [0.15, 0.2) is 0 Å². The van der Waals surface area contributed by atoms with Crippen molar-refractivity contribution in [3.8, 4) is 0 Å². The van der Waals surface area contributed by atoms with E-state index in [1.165, 1.54) is 34.8 Å². The summed E-state index contributed by atoms with van der Waals surface area (Å²) in [6.07, 6.45) is 1.39. The van der Waals surface area contributed by atoms with Crippen molar-refractivity contribution in [1.82, 2.24) is 9.29 Å². The van der Waals surface area contributed by atoms with Gasteiger partial charge in [-0.15, -0.1) is 0 Å². The first-order valence-corrected chi connectivity index (χ1v) is 9.88. The highest BCUT2D eigenvalue weighted by atomic mass is 35.5. The molecule has 1 saturated heterocycles. The maximum Gasteiger partial charge on any atom is 0.258 e. The number of morpholine rings is 1. The molecular weight excluding hydrogens is 401 g/mol. The molecule has 0 aliphatic carbocycles. The molecule has 7 nitrogen and oxygen atoms in total. The van der Waals surface area contributed by atoms with Crippen molar-refractivity contribution >= 4 is 45.0 Å². The molecule has 1 amide bonds. The standard InChI is InChI=1S/C16H15Cl2N3O4S/c17-11-1-4-15(19-10-11)20-16(22)13-9-12(2-3-14(13)18)26(23,24)21-5-7-25-8-6-21/h1-4,9-10H,5-8H2,(H,19,20,22). The third kappa shape index (κ3) is 4.16. The topological polar surface area (TPSA) is 88.6 Å². The Morgan fingerprint density at radius 2 is 1.88 bits per heavy atom. The van der Waals surface area contributed by atoms with Crippen LogP contribution in [-0.4, -0.2) is 49.9 Å². The lowest BCUT2D eigenvalue weighted by molar-refractivity contribution is 0.0730. The molecule has 138 valence electrons. The number of benzene rings is 1. The Bertz CT molecular complexity index is 914. The molecule has 1 N–H and O–H groups in total. The van der Waals surface area contributed by atoms with Crippen LogP contribution < -0.4 is 5.32 Å². The van der Waals surface area contributed by atoms with Crippen LogP contribution in [0.5, 0.6) is 0 Å². The number of carbonyl (C=O) groups excluding carboxylic acids is 1. The summed E-state index contributed by atoms with van der Waals surface area (Å²) in [7, 11) is -3.73. The highest BCUT2D eigenvalue weighted by Crippen LogP contribution is 2.24. The highest BCUT2D eigenvalue weighted by Gasteiger charge is 2.27. The fourth-order valence-electron chi connectivity index (χ4n) is 2.41. The number of amides is 1. The molecule has 0 atom stereocenters. The van der Waals surface area contributed by atoms with Crippen LogP contribution in [-0.2, 0) is 14.8 Å². The first-order valence-electron chi connectivity index (χ1n) is 7.68. The number of halogens is 2. The summed E-state index contributed by atoms with van der Waals surface area (Å²) in [5.74, 6) is -0.291. The van der Waals surface area contributed by atoms with Gasteiger partial charge in [-0.1, -0.05) is 23.2 Å². The predicted octanol–water partition coefficient (Wildman–Crippen LogP) is 2.66. The summed E-state index contributed by atoms with van der Waals surface area (Å²) < 4.78 is 32.0. The number of aromatic nitrogens is 1. The molecule has 0 bridgehead atoms. The molecule has 0 spiro atoms. The zero-order valence-corrected chi connectivity index (χ0v) is 15.8. The van der Waals surface area contributed by atoms with E-state index in [4.69, 9.17) is 27.9 Å². The minimum absolute atomic E-state index is 0.00184. The van der Waals surface area contributed by atoms with Crippen molar-refractivity contribution in [2.45, 2.75) is 4.90 Å². The van der Waals surface area contributed by atoms with Crippen molar-refractivity contribution in [3.63, 3.8) is 0 Å². The first kappa shape index (κ1) is 19.1. The Morgan fingerprint density at radius 3 is 2.54 bits per heavy atom. The normalized spacial score (nSPS) is 15.6. The smallest absolute Gasteiger partial charge is 0.258 e. The largest absolute Gasteiger partial charge is 0.379 e. The molecule has 1 aliphatic rings. The van der Waals surface area contributed by atoms with Crippen molar-refractivity contribution in [2.24, 2.45) is 0 Å². The van der Waals surface area contributed by atoms with Crippen LogP contribution in [0.1, 0.15) is 10.4 Å². The van der Waals surface area contributed by atoms with E-state index in [-0.39, 0.29) is 34.4 Å². The number of nitrogens with zero attached hydrogens (tertiary/aromatic N) is 2. The van der Waals surface area contributed by atoms with Gasteiger partial charge in [0, 0.05) is 19.3 Å². The quantitative estimate of drug-likeness (QED) is 0.828. The number of hydrogen-bond donors (Lipinski definition) is 1. The molecule has 2 aromatic rings. The zero-order chi connectivity index (χ0) is 18.7. The maximum atomic E-state index is 12.7. The number of rotatable bonds is 4. The lowest BCUT2D eigenvalue weighted by atomic mass is 10.2. The van der Waals surface area contributed by atoms with Crippen LogP contribution in [0.3, 0.4) is 0 Å². The van der Waals surface area contributed by atoms with Crippen molar-refractivity contribution in [3.05, 3.63) is 52.1 Å². The summed E-state index contributed by atoms with van der Waals surface area (Å²) >= 11 is 11.8. The van der Waals surface area contributed by atoms with E-state index in [1.807, 2.05) is 0 Å². The number of sulfonamides is 1. The van der Waals surface area contributed by atoms with Crippen LogP contribution in [0.2, 0.25) is 10.0 Å². The summed E-state index contributed by atoms with van der Waals surface area (Å²) in [5.41, 5.74) is 0.0396. The molecule has 10 heteroatoms. The summed E-state index contributed by atoms with van der Waals surface area (Å²) in [5, 5.41) is 3.13. The van der Waals surface area contributed by atoms with E-state index in [0.29, 0.717) is 18.2 Å². The molecule has 1 aromatic carbocycles. The Kier molecular flexibility index (Phi) is 5.79. The number of nitrogens with one attached hydrogen (secondary N) is 1. The number of anilines is 1. The van der Waals surface area contributed by atoms with Gasteiger partial charge in [-0.25, -0.2) is 13.4 Å². The van der Waals surface area contributed by atoms with Gasteiger partial charge >= 0.3 is 0 Å². The second-order valence-corrected chi connectivity index (χ2v) is 8.26. The highest BCUT2D eigenvalue weighted by molar-refractivity contribution is 7.89. The molecule has 0 unspecified atom stereocenters. The molecule has 1 aliphatic heterocycles. The molecule has 26 heavy (non-hydrogen) atoms. The second-order valence-electron chi connectivity index (χ2n) is 5.47. The van der Waals surface area contributed by atoms with E-state index < -0.39 is 15.9 Å². The van der Waals surface area contributed by atoms with Gasteiger partial charge in [0.2, 0.25) is 10.0 Å². The number of pyridine rings is 1. The average Bonchev–Trinajstić information content (AvgIpc) is 2.64. The minimum Gasteiger partial charge on any atom is -0.379 e. The summed E-state index contributed by atoms with van der Waals surface area (Å²) in [6.45, 7) is 1.20. The van der Waals surface area contributed by atoms with Crippen LogP contribution in [0.25, 0.3) is 0 Å².